The van der Waals surface area contributed by atoms with Crippen LogP contribution in [0.4, 0.5) is 10.1 Å². The molecule has 1 N–H and O–H groups in total. The molecule has 0 spiro atoms. The first-order chi connectivity index (χ1) is 15.9. The van der Waals surface area contributed by atoms with Crippen LogP contribution in [0.3, 0.4) is 0 Å². The number of halogens is 3. The van der Waals surface area contributed by atoms with E-state index in [4.69, 9.17) is 23.2 Å². The van der Waals surface area contributed by atoms with Gasteiger partial charge in [-0.2, -0.15) is 0 Å². The van der Waals surface area contributed by atoms with Crippen LogP contribution in [-0.4, -0.2) is 50.0 Å². The van der Waals surface area contributed by atoms with E-state index in [0.29, 0.717) is 6.42 Å². The van der Waals surface area contributed by atoms with Gasteiger partial charge >= 0.3 is 0 Å². The van der Waals surface area contributed by atoms with E-state index in [1.807, 2.05) is 13.8 Å². The van der Waals surface area contributed by atoms with Crippen LogP contribution in [0.1, 0.15) is 32.8 Å². The first-order valence-electron chi connectivity index (χ1n) is 10.6. The van der Waals surface area contributed by atoms with Gasteiger partial charge in [0.1, 0.15) is 18.4 Å². The first kappa shape index (κ1) is 27.9. The van der Waals surface area contributed by atoms with E-state index >= 15 is 0 Å². The fourth-order valence-electron chi connectivity index (χ4n) is 3.14. The quantitative estimate of drug-likeness (QED) is 0.496. The maximum atomic E-state index is 14.4. The minimum Gasteiger partial charge on any atom is -0.352 e. The average molecular weight is 532 g/mol. The fraction of sp³-hybridized carbons (Fsp3) is 0.391. The number of nitrogens with one attached hydrogen (secondary N) is 1. The summed E-state index contributed by atoms with van der Waals surface area (Å²) in [4.78, 5) is 27.4. The number of carbonyl (C=O) groups is 2. The highest BCUT2D eigenvalue weighted by atomic mass is 35.5. The maximum absolute atomic E-state index is 14.4. The van der Waals surface area contributed by atoms with Crippen molar-refractivity contribution in [3.05, 3.63) is 63.9 Å². The maximum Gasteiger partial charge on any atom is 0.244 e. The van der Waals surface area contributed by atoms with Crippen molar-refractivity contribution in [2.75, 3.05) is 17.1 Å². The number of nitrogens with zero attached hydrogens (tertiary/aromatic N) is 2. The molecule has 2 atom stereocenters. The van der Waals surface area contributed by atoms with Crippen LogP contribution >= 0.6 is 23.2 Å². The van der Waals surface area contributed by atoms with Crippen LogP contribution < -0.4 is 9.62 Å². The number of rotatable bonds is 10. The van der Waals surface area contributed by atoms with Crippen molar-refractivity contribution in [2.24, 2.45) is 0 Å². The predicted molar refractivity (Wildman–Crippen MR) is 133 cm³/mol. The number of hydrogen-bond donors (Lipinski definition) is 1. The van der Waals surface area contributed by atoms with E-state index in [0.717, 1.165) is 15.5 Å². The molecule has 0 radical (unpaired) electrons. The highest BCUT2D eigenvalue weighted by Crippen LogP contribution is 2.33. The molecular weight excluding hydrogens is 504 g/mol. The van der Waals surface area contributed by atoms with Crippen molar-refractivity contribution >= 4 is 50.7 Å². The lowest BCUT2D eigenvalue weighted by molar-refractivity contribution is -0.139. The number of carbonyl (C=O) groups excluding carboxylic acids is 2. The average Bonchev–Trinajstić information content (AvgIpc) is 2.77. The summed E-state index contributed by atoms with van der Waals surface area (Å²) in [5.41, 5.74) is 0.207. The molecule has 2 aromatic carbocycles. The topological polar surface area (TPSA) is 86.8 Å². The zero-order chi connectivity index (χ0) is 25.6. The molecule has 34 heavy (non-hydrogen) atoms. The van der Waals surface area contributed by atoms with Crippen molar-refractivity contribution in [3.8, 4) is 0 Å². The molecular formula is C23H28Cl2FN3O4S. The molecule has 0 saturated heterocycles. The van der Waals surface area contributed by atoms with Crippen LogP contribution in [0.2, 0.25) is 10.0 Å². The number of sulfonamides is 1. The first-order valence-corrected chi connectivity index (χ1v) is 13.2. The van der Waals surface area contributed by atoms with Gasteiger partial charge in [-0.1, -0.05) is 54.4 Å². The molecule has 2 amide bonds. The van der Waals surface area contributed by atoms with Gasteiger partial charge in [0.25, 0.3) is 0 Å². The SMILES string of the molecule is CC[C@@H](C)NC(=O)[C@H](C)N(Cc1ccccc1F)C(=O)CN(c1cccc(Cl)c1Cl)S(C)(=O)=O. The summed E-state index contributed by atoms with van der Waals surface area (Å²) in [6, 6.07) is 9.13. The van der Waals surface area contributed by atoms with E-state index < -0.39 is 40.2 Å². The molecule has 0 bridgehead atoms. The largest absolute Gasteiger partial charge is 0.352 e. The Morgan fingerprint density at radius 3 is 2.32 bits per heavy atom. The molecule has 0 unspecified atom stereocenters. The second-order valence-corrected chi connectivity index (χ2v) is 10.6. The van der Waals surface area contributed by atoms with E-state index in [-0.39, 0.29) is 33.9 Å². The normalized spacial score (nSPS) is 13.1. The monoisotopic (exact) mass is 531 g/mol. The Morgan fingerprint density at radius 2 is 1.74 bits per heavy atom. The summed E-state index contributed by atoms with van der Waals surface area (Å²) in [6.45, 7) is 4.33. The van der Waals surface area contributed by atoms with Gasteiger partial charge in [0.15, 0.2) is 0 Å². The summed E-state index contributed by atoms with van der Waals surface area (Å²) < 4.78 is 40.3. The lowest BCUT2D eigenvalue weighted by atomic mass is 10.1. The van der Waals surface area contributed by atoms with E-state index in [9.17, 15) is 22.4 Å². The molecule has 0 heterocycles. The van der Waals surface area contributed by atoms with Gasteiger partial charge in [-0.25, -0.2) is 12.8 Å². The Hall–Kier alpha value is -2.36. The van der Waals surface area contributed by atoms with E-state index in [1.165, 1.54) is 43.3 Å². The van der Waals surface area contributed by atoms with Crippen molar-refractivity contribution in [2.45, 2.75) is 45.8 Å². The van der Waals surface area contributed by atoms with Gasteiger partial charge in [-0.05, 0) is 38.5 Å². The lowest BCUT2D eigenvalue weighted by Crippen LogP contribution is -2.52. The van der Waals surface area contributed by atoms with Crippen LogP contribution in [0.25, 0.3) is 0 Å². The van der Waals surface area contributed by atoms with Crippen LogP contribution in [0, 0.1) is 5.82 Å². The highest BCUT2D eigenvalue weighted by Gasteiger charge is 2.31. The standard InChI is InChI=1S/C23H28Cl2FN3O4S/c1-5-15(2)27-23(31)16(3)28(13-17-9-6-7-11-19(17)26)21(30)14-29(34(4,32)33)20-12-8-10-18(24)22(20)25/h6-12,15-16H,5,13-14H2,1-4H3,(H,27,31)/t15-,16+/m1/s1. The highest BCUT2D eigenvalue weighted by molar-refractivity contribution is 7.92. The Labute approximate surface area is 209 Å². The number of amides is 2. The third-order valence-electron chi connectivity index (χ3n) is 5.35. The third kappa shape index (κ3) is 7.07. The van der Waals surface area contributed by atoms with Gasteiger partial charge in [-0.15, -0.1) is 0 Å². The molecule has 0 saturated carbocycles. The second kappa shape index (κ2) is 11.9. The Morgan fingerprint density at radius 1 is 1.09 bits per heavy atom. The predicted octanol–water partition coefficient (Wildman–Crippen LogP) is 4.23. The zero-order valence-electron chi connectivity index (χ0n) is 19.4. The fourth-order valence-corrected chi connectivity index (χ4v) is 4.44. The minimum absolute atomic E-state index is 0.0209. The summed E-state index contributed by atoms with van der Waals surface area (Å²) in [5, 5.41) is 2.88. The number of hydrogen-bond acceptors (Lipinski definition) is 4. The van der Waals surface area contributed by atoms with Crippen molar-refractivity contribution in [1.29, 1.82) is 0 Å². The van der Waals surface area contributed by atoms with Crippen LogP contribution in [-0.2, 0) is 26.2 Å². The molecule has 2 aromatic rings. The van der Waals surface area contributed by atoms with Crippen molar-refractivity contribution in [1.82, 2.24) is 10.2 Å². The minimum atomic E-state index is -3.97. The molecule has 2 rings (SSSR count). The number of anilines is 1. The summed E-state index contributed by atoms with van der Waals surface area (Å²) >= 11 is 12.3. The van der Waals surface area contributed by atoms with Crippen molar-refractivity contribution in [3.63, 3.8) is 0 Å². The van der Waals surface area contributed by atoms with Gasteiger partial charge in [0.05, 0.1) is 22.0 Å². The second-order valence-electron chi connectivity index (χ2n) is 7.95. The molecule has 0 fully saturated rings. The summed E-state index contributed by atoms with van der Waals surface area (Å²) in [5.74, 6) is -1.70. The Kier molecular flexibility index (Phi) is 9.73. The molecule has 186 valence electrons. The van der Waals surface area contributed by atoms with Crippen LogP contribution in [0.15, 0.2) is 42.5 Å². The van der Waals surface area contributed by atoms with Crippen LogP contribution in [0.5, 0.6) is 0 Å². The van der Waals surface area contributed by atoms with Gasteiger partial charge in [0, 0.05) is 18.2 Å². The molecule has 0 aliphatic heterocycles. The lowest BCUT2D eigenvalue weighted by Gasteiger charge is -2.32. The Bertz CT molecular complexity index is 1150. The van der Waals surface area contributed by atoms with Gasteiger partial charge in [-0.3, -0.25) is 13.9 Å². The summed E-state index contributed by atoms with van der Waals surface area (Å²) in [7, 11) is -3.97. The molecule has 0 aliphatic carbocycles. The third-order valence-corrected chi connectivity index (χ3v) is 7.28. The van der Waals surface area contributed by atoms with Crippen molar-refractivity contribution < 1.29 is 22.4 Å². The van der Waals surface area contributed by atoms with E-state index in [1.54, 1.807) is 6.07 Å². The summed E-state index contributed by atoms with van der Waals surface area (Å²) in [6.07, 6.45) is 1.60. The molecule has 7 nitrogen and oxygen atoms in total. The van der Waals surface area contributed by atoms with E-state index in [2.05, 4.69) is 5.32 Å². The zero-order valence-corrected chi connectivity index (χ0v) is 21.7. The molecule has 11 heteroatoms. The number of benzene rings is 2. The van der Waals surface area contributed by atoms with Gasteiger partial charge < -0.3 is 10.2 Å². The van der Waals surface area contributed by atoms with Gasteiger partial charge in [0.2, 0.25) is 21.8 Å². The Balaban J connectivity index is 2.45. The molecule has 0 aliphatic rings. The smallest absolute Gasteiger partial charge is 0.244 e. The molecule has 0 aromatic heterocycles.